The Balaban J connectivity index is 1.81. The van der Waals surface area contributed by atoms with Gasteiger partial charge < -0.3 is 10.4 Å². The summed E-state index contributed by atoms with van der Waals surface area (Å²) >= 11 is 0. The van der Waals surface area contributed by atoms with Crippen LogP contribution in [0, 0.1) is 0 Å². The molecule has 0 bridgehead atoms. The van der Waals surface area contributed by atoms with Gasteiger partial charge in [-0.3, -0.25) is 0 Å². The molecule has 2 aromatic carbocycles. The van der Waals surface area contributed by atoms with Crippen LogP contribution in [-0.2, 0) is 18.6 Å². The van der Waals surface area contributed by atoms with Gasteiger partial charge in [-0.1, -0.05) is 43.7 Å². The first-order chi connectivity index (χ1) is 15.0. The van der Waals surface area contributed by atoms with E-state index in [1.807, 2.05) is 37.3 Å². The number of aromatic nitrogens is 2. The average Bonchev–Trinajstić information content (AvgIpc) is 3.14. The monoisotopic (exact) mass is 457 g/mol. The van der Waals surface area contributed by atoms with Crippen LogP contribution < -0.4 is 5.32 Å². The molecule has 0 atom stereocenters. The van der Waals surface area contributed by atoms with Gasteiger partial charge in [0.05, 0.1) is 11.9 Å². The van der Waals surface area contributed by atoms with E-state index in [0.29, 0.717) is 17.8 Å². The fourth-order valence-electron chi connectivity index (χ4n) is 3.36. The minimum atomic E-state index is -5.92. The van der Waals surface area contributed by atoms with E-state index >= 15 is 0 Å². The first-order valence-corrected chi connectivity index (χ1v) is 9.80. The molecular weight excluding hydrogens is 436 g/mol. The third-order valence-electron chi connectivity index (χ3n) is 5.05. The predicted octanol–water partition coefficient (Wildman–Crippen LogP) is 5.75. The number of anilines is 1. The molecule has 3 aromatic rings. The molecule has 0 spiro atoms. The van der Waals surface area contributed by atoms with E-state index in [2.05, 4.69) is 10.4 Å². The molecule has 0 fully saturated rings. The lowest BCUT2D eigenvalue weighted by molar-refractivity contribution is -0.376. The highest BCUT2D eigenvalue weighted by Crippen LogP contribution is 2.50. The fourth-order valence-corrected chi connectivity index (χ4v) is 3.36. The normalized spacial score (nSPS) is 12.8. The van der Waals surface area contributed by atoms with Crippen molar-refractivity contribution in [3.8, 4) is 5.69 Å². The van der Waals surface area contributed by atoms with Gasteiger partial charge >= 0.3 is 12.4 Å². The zero-order chi connectivity index (χ0) is 23.6. The van der Waals surface area contributed by atoms with Crippen LogP contribution in [0.2, 0.25) is 0 Å². The Hall–Kier alpha value is -3.01. The van der Waals surface area contributed by atoms with Crippen molar-refractivity contribution in [2.45, 2.75) is 44.3 Å². The topological polar surface area (TPSA) is 50.1 Å². The molecule has 10 heteroatoms. The van der Waals surface area contributed by atoms with E-state index in [1.54, 1.807) is 10.9 Å². The molecule has 1 heterocycles. The zero-order valence-corrected chi connectivity index (χ0v) is 17.0. The first-order valence-electron chi connectivity index (χ1n) is 9.80. The second-order valence-corrected chi connectivity index (χ2v) is 7.25. The Morgan fingerprint density at radius 1 is 0.906 bits per heavy atom. The molecule has 0 aliphatic carbocycles. The maximum atomic E-state index is 13.0. The number of aliphatic hydroxyl groups is 1. The summed E-state index contributed by atoms with van der Waals surface area (Å²) < 4.78 is 79.9. The number of hydrogen-bond acceptors (Lipinski definition) is 3. The number of nitrogens with zero attached hydrogens (tertiary/aromatic N) is 2. The van der Waals surface area contributed by atoms with E-state index in [1.165, 1.54) is 0 Å². The molecule has 32 heavy (non-hydrogen) atoms. The Morgan fingerprint density at radius 3 is 2.03 bits per heavy atom. The number of nitrogens with one attached hydrogen (secondary N) is 1. The van der Waals surface area contributed by atoms with E-state index < -0.39 is 23.5 Å². The first kappa shape index (κ1) is 23.6. The van der Waals surface area contributed by atoms with Crippen LogP contribution in [0.5, 0.6) is 0 Å². The van der Waals surface area contributed by atoms with Crippen LogP contribution >= 0.6 is 0 Å². The van der Waals surface area contributed by atoms with Crippen LogP contribution in [0.4, 0.5) is 32.0 Å². The summed E-state index contributed by atoms with van der Waals surface area (Å²) in [6, 6.07) is 12.8. The Labute approximate surface area is 180 Å². The summed E-state index contributed by atoms with van der Waals surface area (Å²) in [6.07, 6.45) is -8.57. The van der Waals surface area contributed by atoms with Crippen molar-refractivity contribution >= 4 is 5.69 Å². The lowest BCUT2D eigenvalue weighted by atomic mass is 9.92. The molecule has 172 valence electrons. The van der Waals surface area contributed by atoms with Crippen molar-refractivity contribution in [1.29, 1.82) is 0 Å². The van der Waals surface area contributed by atoms with Crippen molar-refractivity contribution in [3.05, 3.63) is 77.6 Å². The number of para-hydroxylation sites is 1. The predicted molar refractivity (Wildman–Crippen MR) is 107 cm³/mol. The molecule has 4 nitrogen and oxygen atoms in total. The van der Waals surface area contributed by atoms with Gasteiger partial charge in [0.15, 0.2) is 0 Å². The molecule has 0 radical (unpaired) electrons. The maximum Gasteiger partial charge on any atom is 0.430 e. The highest BCUT2D eigenvalue weighted by Gasteiger charge is 2.71. The lowest BCUT2D eigenvalue weighted by Crippen LogP contribution is -2.53. The van der Waals surface area contributed by atoms with Gasteiger partial charge in [0.25, 0.3) is 5.60 Å². The highest BCUT2D eigenvalue weighted by molar-refractivity contribution is 5.47. The lowest BCUT2D eigenvalue weighted by Gasteiger charge is -2.32. The van der Waals surface area contributed by atoms with Crippen LogP contribution in [0.25, 0.3) is 5.69 Å². The smallest absolute Gasteiger partial charge is 0.381 e. The number of hydrogen-bond donors (Lipinski definition) is 2. The SMILES string of the molecule is CCCc1c(CNc2ccc(C(O)(C(F)(F)F)C(F)(F)F)cc2)cnn1-c1ccccc1. The van der Waals surface area contributed by atoms with Gasteiger partial charge in [-0.05, 0) is 30.7 Å². The standard InChI is InChI=1S/C22H21F6N3O/c1-2-6-19-15(14-30-31(19)18-7-4-3-5-8-18)13-29-17-11-9-16(10-12-17)20(32,21(23,24)25)22(26,27)28/h3-5,7-12,14,29,32H,2,6,13H2,1H3. The number of benzene rings is 2. The van der Waals surface area contributed by atoms with Crippen molar-refractivity contribution in [2.75, 3.05) is 5.32 Å². The second kappa shape index (κ2) is 8.85. The summed E-state index contributed by atoms with van der Waals surface area (Å²) in [5, 5.41) is 16.9. The molecule has 1 aromatic heterocycles. The molecule has 2 N–H and O–H groups in total. The Bertz CT molecular complexity index is 1010. The van der Waals surface area contributed by atoms with Gasteiger partial charge in [0.2, 0.25) is 0 Å². The second-order valence-electron chi connectivity index (χ2n) is 7.25. The number of rotatable bonds is 7. The molecule has 0 aliphatic heterocycles. The molecular formula is C22H21F6N3O. The third kappa shape index (κ3) is 4.45. The van der Waals surface area contributed by atoms with Gasteiger partial charge in [0.1, 0.15) is 0 Å². The van der Waals surface area contributed by atoms with E-state index in [4.69, 9.17) is 0 Å². The largest absolute Gasteiger partial charge is 0.430 e. The maximum absolute atomic E-state index is 13.0. The van der Waals surface area contributed by atoms with E-state index in [-0.39, 0.29) is 6.54 Å². The van der Waals surface area contributed by atoms with E-state index in [0.717, 1.165) is 41.9 Å². The van der Waals surface area contributed by atoms with E-state index in [9.17, 15) is 31.4 Å². The van der Waals surface area contributed by atoms with Gasteiger partial charge in [0, 0.05) is 29.1 Å². The molecule has 0 amide bonds. The summed E-state index contributed by atoms with van der Waals surface area (Å²) in [4.78, 5) is 0. The number of alkyl halides is 6. The molecule has 0 aliphatic rings. The van der Waals surface area contributed by atoms with Gasteiger partial charge in [-0.2, -0.15) is 31.4 Å². The molecule has 0 unspecified atom stereocenters. The Kier molecular flexibility index (Phi) is 6.54. The Morgan fingerprint density at radius 2 is 1.50 bits per heavy atom. The summed E-state index contributed by atoms with van der Waals surface area (Å²) in [5.74, 6) is 0. The summed E-state index contributed by atoms with van der Waals surface area (Å²) in [5.41, 5.74) is -3.26. The van der Waals surface area contributed by atoms with Crippen LogP contribution in [0.1, 0.15) is 30.2 Å². The van der Waals surface area contributed by atoms with Crippen molar-refractivity contribution in [2.24, 2.45) is 0 Å². The molecule has 0 saturated carbocycles. The minimum absolute atomic E-state index is 0.268. The fraction of sp³-hybridized carbons (Fsp3) is 0.318. The highest BCUT2D eigenvalue weighted by atomic mass is 19.4. The summed E-state index contributed by atoms with van der Waals surface area (Å²) in [7, 11) is 0. The third-order valence-corrected chi connectivity index (χ3v) is 5.05. The number of halogens is 6. The average molecular weight is 457 g/mol. The van der Waals surface area contributed by atoms with Gasteiger partial charge in [-0.25, -0.2) is 4.68 Å². The molecule has 3 rings (SSSR count). The quantitative estimate of drug-likeness (QED) is 0.445. The van der Waals surface area contributed by atoms with Crippen molar-refractivity contribution in [3.63, 3.8) is 0 Å². The zero-order valence-electron chi connectivity index (χ0n) is 17.0. The minimum Gasteiger partial charge on any atom is -0.381 e. The molecule has 0 saturated heterocycles. The van der Waals surface area contributed by atoms with Crippen molar-refractivity contribution in [1.82, 2.24) is 9.78 Å². The van der Waals surface area contributed by atoms with Gasteiger partial charge in [-0.15, -0.1) is 0 Å². The van der Waals surface area contributed by atoms with Crippen LogP contribution in [0.3, 0.4) is 0 Å². The van der Waals surface area contributed by atoms with Crippen LogP contribution in [0.15, 0.2) is 60.8 Å². The summed E-state index contributed by atoms with van der Waals surface area (Å²) in [6.45, 7) is 2.28. The van der Waals surface area contributed by atoms with Crippen molar-refractivity contribution < 1.29 is 31.4 Å². The van der Waals surface area contributed by atoms with Crippen LogP contribution in [-0.4, -0.2) is 27.2 Å².